The summed E-state index contributed by atoms with van der Waals surface area (Å²) in [6.07, 6.45) is 0.0432. The monoisotopic (exact) mass is 238 g/mol. The summed E-state index contributed by atoms with van der Waals surface area (Å²) >= 11 is 0. The van der Waals surface area contributed by atoms with E-state index in [1.54, 1.807) is 18.2 Å². The largest absolute Gasteiger partial charge is 0.490 e. The van der Waals surface area contributed by atoms with Crippen molar-refractivity contribution in [1.29, 1.82) is 0 Å². The summed E-state index contributed by atoms with van der Waals surface area (Å²) in [6.45, 7) is 6.26. The SMILES string of the molecule is CCOc1cc(CC(=O)O)ccc1OC(C)C. The van der Waals surface area contributed by atoms with Crippen LogP contribution in [-0.4, -0.2) is 23.8 Å². The van der Waals surface area contributed by atoms with Crippen molar-refractivity contribution in [3.05, 3.63) is 23.8 Å². The molecule has 17 heavy (non-hydrogen) atoms. The summed E-state index contributed by atoms with van der Waals surface area (Å²) in [5, 5.41) is 8.73. The van der Waals surface area contributed by atoms with E-state index in [2.05, 4.69) is 0 Å². The van der Waals surface area contributed by atoms with Gasteiger partial charge in [0.25, 0.3) is 0 Å². The Labute approximate surface area is 101 Å². The Morgan fingerprint density at radius 3 is 2.59 bits per heavy atom. The van der Waals surface area contributed by atoms with E-state index in [1.807, 2.05) is 20.8 Å². The molecule has 0 aliphatic carbocycles. The maximum atomic E-state index is 10.6. The lowest BCUT2D eigenvalue weighted by molar-refractivity contribution is -0.136. The number of ether oxygens (including phenoxy) is 2. The van der Waals surface area contributed by atoms with Crippen LogP contribution in [0.3, 0.4) is 0 Å². The highest BCUT2D eigenvalue weighted by atomic mass is 16.5. The van der Waals surface area contributed by atoms with Gasteiger partial charge in [-0.1, -0.05) is 6.07 Å². The van der Waals surface area contributed by atoms with Crippen LogP contribution in [0.15, 0.2) is 18.2 Å². The van der Waals surface area contributed by atoms with Gasteiger partial charge in [0.15, 0.2) is 11.5 Å². The van der Waals surface area contributed by atoms with Crippen LogP contribution in [0.25, 0.3) is 0 Å². The van der Waals surface area contributed by atoms with Crippen LogP contribution in [-0.2, 0) is 11.2 Å². The predicted octanol–water partition coefficient (Wildman–Crippen LogP) is 2.50. The van der Waals surface area contributed by atoms with Gasteiger partial charge in [-0.05, 0) is 38.5 Å². The van der Waals surface area contributed by atoms with E-state index < -0.39 is 5.97 Å². The molecule has 0 spiro atoms. The predicted molar refractivity (Wildman–Crippen MR) is 64.7 cm³/mol. The second-order valence-corrected chi connectivity index (χ2v) is 3.95. The lowest BCUT2D eigenvalue weighted by Gasteiger charge is -2.15. The Balaban J connectivity index is 2.94. The van der Waals surface area contributed by atoms with Gasteiger partial charge in [-0.15, -0.1) is 0 Å². The van der Waals surface area contributed by atoms with E-state index in [1.165, 1.54) is 0 Å². The van der Waals surface area contributed by atoms with Gasteiger partial charge in [-0.25, -0.2) is 0 Å². The molecule has 0 bridgehead atoms. The third-order valence-corrected chi connectivity index (χ3v) is 2.03. The zero-order chi connectivity index (χ0) is 12.8. The lowest BCUT2D eigenvalue weighted by Crippen LogP contribution is -2.08. The van der Waals surface area contributed by atoms with Gasteiger partial charge in [-0.2, -0.15) is 0 Å². The van der Waals surface area contributed by atoms with E-state index in [0.717, 1.165) is 0 Å². The molecule has 0 heterocycles. The van der Waals surface area contributed by atoms with Gasteiger partial charge in [-0.3, -0.25) is 4.79 Å². The van der Waals surface area contributed by atoms with Crippen molar-refractivity contribution in [2.24, 2.45) is 0 Å². The highest BCUT2D eigenvalue weighted by Crippen LogP contribution is 2.29. The van der Waals surface area contributed by atoms with Crippen LogP contribution in [0.1, 0.15) is 26.3 Å². The van der Waals surface area contributed by atoms with Crippen molar-refractivity contribution in [2.45, 2.75) is 33.3 Å². The molecular weight excluding hydrogens is 220 g/mol. The summed E-state index contributed by atoms with van der Waals surface area (Å²) < 4.78 is 11.0. The maximum absolute atomic E-state index is 10.6. The average molecular weight is 238 g/mol. The van der Waals surface area contributed by atoms with Crippen molar-refractivity contribution in [3.63, 3.8) is 0 Å². The van der Waals surface area contributed by atoms with Gasteiger partial charge in [0.2, 0.25) is 0 Å². The lowest BCUT2D eigenvalue weighted by atomic mass is 10.1. The van der Waals surface area contributed by atoms with E-state index in [0.29, 0.717) is 23.7 Å². The van der Waals surface area contributed by atoms with Gasteiger partial charge in [0.1, 0.15) is 0 Å². The Bertz CT molecular complexity index is 385. The normalized spacial score (nSPS) is 10.4. The van der Waals surface area contributed by atoms with Gasteiger partial charge in [0, 0.05) is 0 Å². The zero-order valence-corrected chi connectivity index (χ0v) is 10.4. The summed E-state index contributed by atoms with van der Waals surface area (Å²) in [6, 6.07) is 5.22. The number of hydrogen-bond acceptors (Lipinski definition) is 3. The fourth-order valence-corrected chi connectivity index (χ4v) is 1.46. The highest BCUT2D eigenvalue weighted by Gasteiger charge is 2.09. The first-order valence-corrected chi connectivity index (χ1v) is 5.67. The second-order valence-electron chi connectivity index (χ2n) is 3.95. The highest BCUT2D eigenvalue weighted by molar-refractivity contribution is 5.70. The molecule has 0 aliphatic rings. The summed E-state index contributed by atoms with van der Waals surface area (Å²) in [4.78, 5) is 10.6. The zero-order valence-electron chi connectivity index (χ0n) is 10.4. The third-order valence-electron chi connectivity index (χ3n) is 2.03. The Hall–Kier alpha value is -1.71. The van der Waals surface area contributed by atoms with Crippen molar-refractivity contribution in [3.8, 4) is 11.5 Å². The topological polar surface area (TPSA) is 55.8 Å². The molecule has 1 aromatic carbocycles. The number of aliphatic carboxylic acids is 1. The van der Waals surface area contributed by atoms with Crippen molar-refractivity contribution < 1.29 is 19.4 Å². The van der Waals surface area contributed by atoms with E-state index in [-0.39, 0.29) is 12.5 Å². The van der Waals surface area contributed by atoms with Gasteiger partial charge < -0.3 is 14.6 Å². The number of benzene rings is 1. The fourth-order valence-electron chi connectivity index (χ4n) is 1.46. The Kier molecular flexibility index (Phi) is 4.82. The number of hydrogen-bond donors (Lipinski definition) is 1. The van der Waals surface area contributed by atoms with Crippen LogP contribution in [0.2, 0.25) is 0 Å². The quantitative estimate of drug-likeness (QED) is 0.827. The molecule has 0 atom stereocenters. The molecular formula is C13H18O4. The molecule has 4 heteroatoms. The first kappa shape index (κ1) is 13.4. The third kappa shape index (κ3) is 4.34. The minimum Gasteiger partial charge on any atom is -0.490 e. The minimum atomic E-state index is -0.857. The molecule has 94 valence electrons. The van der Waals surface area contributed by atoms with Crippen LogP contribution in [0.5, 0.6) is 11.5 Å². The average Bonchev–Trinajstić information content (AvgIpc) is 2.21. The summed E-state index contributed by atoms with van der Waals surface area (Å²) in [5.74, 6) is 0.390. The second kappa shape index (κ2) is 6.13. The number of carbonyl (C=O) groups is 1. The smallest absolute Gasteiger partial charge is 0.307 e. The molecule has 0 aromatic heterocycles. The van der Waals surface area contributed by atoms with Gasteiger partial charge in [0.05, 0.1) is 19.1 Å². The Morgan fingerprint density at radius 1 is 1.35 bits per heavy atom. The summed E-state index contributed by atoms with van der Waals surface area (Å²) in [7, 11) is 0. The molecule has 0 radical (unpaired) electrons. The molecule has 0 amide bonds. The Morgan fingerprint density at radius 2 is 2.06 bits per heavy atom. The van der Waals surface area contributed by atoms with Crippen molar-refractivity contribution >= 4 is 5.97 Å². The summed E-state index contributed by atoms with van der Waals surface area (Å²) in [5.41, 5.74) is 0.706. The molecule has 4 nitrogen and oxygen atoms in total. The molecule has 1 rings (SSSR count). The van der Waals surface area contributed by atoms with E-state index >= 15 is 0 Å². The molecule has 0 aliphatic heterocycles. The van der Waals surface area contributed by atoms with Crippen LogP contribution < -0.4 is 9.47 Å². The molecule has 0 unspecified atom stereocenters. The number of rotatable bonds is 6. The fraction of sp³-hybridized carbons (Fsp3) is 0.462. The van der Waals surface area contributed by atoms with Crippen LogP contribution in [0.4, 0.5) is 0 Å². The van der Waals surface area contributed by atoms with Crippen molar-refractivity contribution in [2.75, 3.05) is 6.61 Å². The molecule has 0 saturated carbocycles. The molecule has 0 fully saturated rings. The minimum absolute atomic E-state index is 0.0119. The van der Waals surface area contributed by atoms with Crippen LogP contribution >= 0.6 is 0 Å². The van der Waals surface area contributed by atoms with E-state index in [9.17, 15) is 4.79 Å². The molecule has 1 N–H and O–H groups in total. The number of carboxylic acid groups (broad SMARTS) is 1. The van der Waals surface area contributed by atoms with Gasteiger partial charge >= 0.3 is 5.97 Å². The molecule has 0 saturated heterocycles. The molecule has 1 aromatic rings. The van der Waals surface area contributed by atoms with E-state index in [4.69, 9.17) is 14.6 Å². The number of carboxylic acids is 1. The maximum Gasteiger partial charge on any atom is 0.307 e. The standard InChI is InChI=1S/C13H18O4/c1-4-16-12-7-10(8-13(14)15)5-6-11(12)17-9(2)3/h5-7,9H,4,8H2,1-3H3,(H,14,15). The first-order chi connectivity index (χ1) is 8.02. The van der Waals surface area contributed by atoms with Crippen LogP contribution in [0, 0.1) is 0 Å². The van der Waals surface area contributed by atoms with Crippen molar-refractivity contribution in [1.82, 2.24) is 0 Å². The first-order valence-electron chi connectivity index (χ1n) is 5.67.